The average Bonchev–Trinajstić information content (AvgIpc) is 2.78. The van der Waals surface area contributed by atoms with Crippen LogP contribution in [-0.2, 0) is 11.8 Å². The fraction of sp³-hybridized carbons (Fsp3) is 0.143. The van der Waals surface area contributed by atoms with Crippen LogP contribution in [0.5, 0.6) is 0 Å². The Labute approximate surface area is 116 Å². The van der Waals surface area contributed by atoms with Gasteiger partial charge < -0.3 is 20.4 Å². The molecule has 0 aliphatic heterocycles. The van der Waals surface area contributed by atoms with Crippen molar-refractivity contribution in [2.24, 2.45) is 7.05 Å². The van der Waals surface area contributed by atoms with Crippen LogP contribution in [0.3, 0.4) is 0 Å². The normalized spacial score (nSPS) is 10.1. The van der Waals surface area contributed by atoms with E-state index in [1.807, 2.05) is 0 Å². The van der Waals surface area contributed by atoms with Gasteiger partial charge in [0, 0.05) is 18.9 Å². The van der Waals surface area contributed by atoms with Gasteiger partial charge >= 0.3 is 5.97 Å². The monoisotopic (exact) mass is 273 g/mol. The Hall–Kier alpha value is -2.76. The number of hydrogen-bond donors (Lipinski definition) is 2. The first-order valence-electron chi connectivity index (χ1n) is 5.93. The minimum absolute atomic E-state index is 0.269. The lowest BCUT2D eigenvalue weighted by atomic mass is 10.2. The summed E-state index contributed by atoms with van der Waals surface area (Å²) >= 11 is 0. The van der Waals surface area contributed by atoms with E-state index in [0.717, 1.165) is 0 Å². The summed E-state index contributed by atoms with van der Waals surface area (Å²) in [5.41, 5.74) is 7.62. The largest absolute Gasteiger partial charge is 0.465 e. The van der Waals surface area contributed by atoms with E-state index in [-0.39, 0.29) is 5.91 Å². The Morgan fingerprint density at radius 3 is 2.40 bits per heavy atom. The predicted molar refractivity (Wildman–Crippen MR) is 75.6 cm³/mol. The minimum atomic E-state index is -0.418. The summed E-state index contributed by atoms with van der Waals surface area (Å²) in [6.07, 6.45) is 1.66. The number of carbonyl (C=O) groups is 2. The fourth-order valence-electron chi connectivity index (χ4n) is 1.82. The van der Waals surface area contributed by atoms with Crippen molar-refractivity contribution < 1.29 is 14.3 Å². The van der Waals surface area contributed by atoms with Crippen LogP contribution in [0, 0.1) is 0 Å². The van der Waals surface area contributed by atoms with Crippen LogP contribution in [0.1, 0.15) is 20.8 Å². The van der Waals surface area contributed by atoms with Crippen LogP contribution in [0.25, 0.3) is 0 Å². The van der Waals surface area contributed by atoms with Gasteiger partial charge in [-0.2, -0.15) is 0 Å². The molecule has 6 heteroatoms. The van der Waals surface area contributed by atoms with E-state index in [0.29, 0.717) is 22.6 Å². The number of ether oxygens (including phenoxy) is 1. The second-order valence-corrected chi connectivity index (χ2v) is 4.29. The van der Waals surface area contributed by atoms with Gasteiger partial charge in [0.05, 0.1) is 18.4 Å². The molecule has 1 heterocycles. The Morgan fingerprint density at radius 1 is 1.25 bits per heavy atom. The molecule has 2 aromatic rings. The van der Waals surface area contributed by atoms with Crippen LogP contribution in [0.4, 0.5) is 11.4 Å². The molecule has 104 valence electrons. The molecule has 0 atom stereocenters. The molecular formula is C14H15N3O3. The molecule has 0 bridgehead atoms. The Balaban J connectivity index is 2.12. The van der Waals surface area contributed by atoms with E-state index >= 15 is 0 Å². The number of aryl methyl sites for hydroxylation is 1. The number of benzene rings is 1. The average molecular weight is 273 g/mol. The topological polar surface area (TPSA) is 86.3 Å². The molecule has 2 rings (SSSR count). The molecular weight excluding hydrogens is 258 g/mol. The standard InChI is InChI=1S/C14H15N3O3/c1-17-8-10(15)7-12(17)13(18)16-11-5-3-9(4-6-11)14(19)20-2/h3-8H,15H2,1-2H3,(H,16,18). The number of esters is 1. The molecule has 0 radical (unpaired) electrons. The lowest BCUT2D eigenvalue weighted by Crippen LogP contribution is -2.15. The summed E-state index contributed by atoms with van der Waals surface area (Å²) in [5.74, 6) is -0.687. The van der Waals surface area contributed by atoms with E-state index < -0.39 is 5.97 Å². The number of nitrogens with two attached hydrogens (primary N) is 1. The van der Waals surface area contributed by atoms with Crippen molar-refractivity contribution in [2.75, 3.05) is 18.2 Å². The maximum atomic E-state index is 12.0. The van der Waals surface area contributed by atoms with Gasteiger partial charge in [0.2, 0.25) is 0 Å². The summed E-state index contributed by atoms with van der Waals surface area (Å²) in [5, 5.41) is 2.73. The van der Waals surface area contributed by atoms with Gasteiger partial charge in [-0.05, 0) is 30.3 Å². The molecule has 0 saturated carbocycles. The van der Waals surface area contributed by atoms with E-state index in [1.54, 1.807) is 48.1 Å². The van der Waals surface area contributed by atoms with E-state index in [9.17, 15) is 9.59 Å². The van der Waals surface area contributed by atoms with Crippen LogP contribution < -0.4 is 11.1 Å². The first-order valence-corrected chi connectivity index (χ1v) is 5.93. The number of nitrogens with one attached hydrogen (secondary N) is 1. The number of amides is 1. The first kappa shape index (κ1) is 13.7. The first-order chi connectivity index (χ1) is 9.51. The summed E-state index contributed by atoms with van der Waals surface area (Å²) in [4.78, 5) is 23.3. The van der Waals surface area contributed by atoms with Gasteiger partial charge in [-0.25, -0.2) is 4.79 Å². The highest BCUT2D eigenvalue weighted by atomic mass is 16.5. The molecule has 3 N–H and O–H groups in total. The summed E-state index contributed by atoms with van der Waals surface area (Å²) < 4.78 is 6.25. The second kappa shape index (κ2) is 5.48. The highest BCUT2D eigenvalue weighted by molar-refractivity contribution is 6.04. The van der Waals surface area contributed by atoms with E-state index in [4.69, 9.17) is 5.73 Å². The highest BCUT2D eigenvalue weighted by Crippen LogP contribution is 2.14. The van der Waals surface area contributed by atoms with Crippen molar-refractivity contribution >= 4 is 23.3 Å². The van der Waals surface area contributed by atoms with Gasteiger partial charge in [0.15, 0.2) is 0 Å². The molecule has 1 aromatic heterocycles. The quantitative estimate of drug-likeness (QED) is 0.832. The Kier molecular flexibility index (Phi) is 3.74. The van der Waals surface area contributed by atoms with Crippen molar-refractivity contribution in [1.82, 2.24) is 4.57 Å². The molecule has 1 amide bonds. The van der Waals surface area contributed by atoms with Gasteiger partial charge in [0.25, 0.3) is 5.91 Å². The summed E-state index contributed by atoms with van der Waals surface area (Å²) in [6, 6.07) is 8.03. The third-order valence-electron chi connectivity index (χ3n) is 2.82. The maximum absolute atomic E-state index is 12.0. The van der Waals surface area contributed by atoms with E-state index in [2.05, 4.69) is 10.1 Å². The van der Waals surface area contributed by atoms with Crippen LogP contribution in [-0.4, -0.2) is 23.6 Å². The lowest BCUT2D eigenvalue weighted by molar-refractivity contribution is 0.0600. The van der Waals surface area contributed by atoms with Crippen molar-refractivity contribution in [2.45, 2.75) is 0 Å². The minimum Gasteiger partial charge on any atom is -0.465 e. The third-order valence-corrected chi connectivity index (χ3v) is 2.82. The fourth-order valence-corrected chi connectivity index (χ4v) is 1.82. The molecule has 0 aliphatic rings. The number of carbonyl (C=O) groups excluding carboxylic acids is 2. The van der Waals surface area contributed by atoms with Crippen LogP contribution >= 0.6 is 0 Å². The highest BCUT2D eigenvalue weighted by Gasteiger charge is 2.11. The van der Waals surface area contributed by atoms with E-state index in [1.165, 1.54) is 7.11 Å². The van der Waals surface area contributed by atoms with Crippen molar-refractivity contribution in [3.63, 3.8) is 0 Å². The number of rotatable bonds is 3. The molecule has 0 aliphatic carbocycles. The van der Waals surface area contributed by atoms with Crippen molar-refractivity contribution in [1.29, 1.82) is 0 Å². The zero-order valence-electron chi connectivity index (χ0n) is 11.2. The number of methoxy groups -OCH3 is 1. The smallest absolute Gasteiger partial charge is 0.337 e. The predicted octanol–water partition coefficient (Wildman–Crippen LogP) is 1.65. The maximum Gasteiger partial charge on any atom is 0.337 e. The summed E-state index contributed by atoms with van der Waals surface area (Å²) in [7, 11) is 3.06. The van der Waals surface area contributed by atoms with Crippen molar-refractivity contribution in [3.8, 4) is 0 Å². The molecule has 20 heavy (non-hydrogen) atoms. The SMILES string of the molecule is COC(=O)c1ccc(NC(=O)c2cc(N)cn2C)cc1. The number of nitrogen functional groups attached to an aromatic ring is 1. The van der Waals surface area contributed by atoms with Gasteiger partial charge in [-0.15, -0.1) is 0 Å². The lowest BCUT2D eigenvalue weighted by Gasteiger charge is -2.06. The molecule has 0 unspecified atom stereocenters. The zero-order valence-corrected chi connectivity index (χ0v) is 11.2. The molecule has 0 saturated heterocycles. The molecule has 1 aromatic carbocycles. The molecule has 6 nitrogen and oxygen atoms in total. The number of aromatic nitrogens is 1. The zero-order chi connectivity index (χ0) is 14.7. The second-order valence-electron chi connectivity index (χ2n) is 4.29. The number of hydrogen-bond acceptors (Lipinski definition) is 4. The Morgan fingerprint density at radius 2 is 1.90 bits per heavy atom. The third kappa shape index (κ3) is 2.80. The molecule has 0 fully saturated rings. The summed E-state index contributed by atoms with van der Waals surface area (Å²) in [6.45, 7) is 0. The van der Waals surface area contributed by atoms with Gasteiger partial charge in [0.1, 0.15) is 5.69 Å². The number of anilines is 2. The number of nitrogens with zero attached hydrogens (tertiary/aromatic N) is 1. The van der Waals surface area contributed by atoms with Gasteiger partial charge in [-0.1, -0.05) is 0 Å². The van der Waals surface area contributed by atoms with Crippen molar-refractivity contribution in [3.05, 3.63) is 47.8 Å². The van der Waals surface area contributed by atoms with Crippen LogP contribution in [0.2, 0.25) is 0 Å². The molecule has 0 spiro atoms. The van der Waals surface area contributed by atoms with Gasteiger partial charge in [-0.3, -0.25) is 4.79 Å². The van der Waals surface area contributed by atoms with Crippen LogP contribution in [0.15, 0.2) is 36.5 Å². The Bertz CT molecular complexity index is 644.